The van der Waals surface area contributed by atoms with Gasteiger partial charge < -0.3 is 38.5 Å². The molecule has 0 unspecified atom stereocenters. The first kappa shape index (κ1) is 27.7. The van der Waals surface area contributed by atoms with Crippen LogP contribution in [0.25, 0.3) is 0 Å². The van der Waals surface area contributed by atoms with Gasteiger partial charge in [-0.05, 0) is 67.7 Å². The Kier molecular flexibility index (Phi) is 9.29. The third kappa shape index (κ3) is 6.40. The van der Waals surface area contributed by atoms with Crippen LogP contribution in [0.2, 0.25) is 10.0 Å². The minimum Gasteiger partial charge on any atom is -1.00 e. The Balaban J connectivity index is 0.00000304. The van der Waals surface area contributed by atoms with Crippen molar-refractivity contribution in [1.29, 1.82) is 0 Å². The number of allylic oxidation sites excluding steroid dienone is 1. The lowest BCUT2D eigenvalue weighted by Gasteiger charge is -2.42. The number of benzene rings is 2. The van der Waals surface area contributed by atoms with E-state index in [1.54, 1.807) is 17.7 Å². The second kappa shape index (κ2) is 12.1. The summed E-state index contributed by atoms with van der Waals surface area (Å²) in [7, 11) is 2.38. The average molecular weight is 641 g/mol. The van der Waals surface area contributed by atoms with Gasteiger partial charge in [0.05, 0.1) is 26.1 Å². The molecule has 0 saturated carbocycles. The standard InChI is InChI=1S/C29H34Cl2N2O2.HI/c1-33(19-20-7-5-3-2-4-6-8-20)15-13-23(14-16-33)32-29(34)28-24-17-21(30)9-11-26(24)35-27-12-10-22(31)18-25(27)28;/h7,9-12,17-18,23,28H,2-6,8,13-16,19H2,1H3;1H/b20-7+;. The highest BCUT2D eigenvalue weighted by Crippen LogP contribution is 2.46. The molecule has 1 aliphatic carbocycles. The zero-order valence-corrected chi connectivity index (χ0v) is 24.5. The van der Waals surface area contributed by atoms with Crippen LogP contribution in [0.1, 0.15) is 68.4 Å². The van der Waals surface area contributed by atoms with Crippen LogP contribution in [-0.4, -0.2) is 43.1 Å². The lowest BCUT2D eigenvalue weighted by molar-refractivity contribution is -0.910. The number of carbonyl (C=O) groups is 1. The van der Waals surface area contributed by atoms with Crippen LogP contribution in [0.15, 0.2) is 48.0 Å². The van der Waals surface area contributed by atoms with E-state index in [1.807, 2.05) is 24.3 Å². The number of rotatable bonds is 4. The van der Waals surface area contributed by atoms with E-state index in [-0.39, 0.29) is 35.9 Å². The number of amides is 1. The molecule has 2 aromatic carbocycles. The molecule has 194 valence electrons. The predicted octanol–water partition coefficient (Wildman–Crippen LogP) is 4.24. The van der Waals surface area contributed by atoms with Gasteiger partial charge in [0.15, 0.2) is 0 Å². The summed E-state index contributed by atoms with van der Waals surface area (Å²) in [6, 6.07) is 11.1. The number of nitrogens with one attached hydrogen (secondary N) is 1. The zero-order chi connectivity index (χ0) is 24.4. The van der Waals surface area contributed by atoms with Crippen molar-refractivity contribution in [3.63, 3.8) is 0 Å². The maximum Gasteiger partial charge on any atom is 0.232 e. The molecule has 3 aliphatic rings. The van der Waals surface area contributed by atoms with Crippen LogP contribution in [0.3, 0.4) is 0 Å². The van der Waals surface area contributed by atoms with Crippen LogP contribution in [0, 0.1) is 0 Å². The number of halogens is 3. The first-order chi connectivity index (χ1) is 16.9. The summed E-state index contributed by atoms with van der Waals surface area (Å²) in [5.41, 5.74) is 3.22. The maximum atomic E-state index is 13.7. The fraction of sp³-hybridized carbons (Fsp3) is 0.483. The molecule has 0 radical (unpaired) electrons. The molecule has 2 heterocycles. The van der Waals surface area contributed by atoms with Crippen molar-refractivity contribution >= 4 is 29.1 Å². The molecule has 36 heavy (non-hydrogen) atoms. The number of piperidine rings is 1. The second-order valence-electron chi connectivity index (χ2n) is 10.7. The SMILES string of the molecule is C[N+]1(C/C2=C/CCCCCC2)CCC(NC(=O)C2c3cc(Cl)ccc3Oc3ccc(Cl)cc32)CC1.[I-]. The number of hydrogen-bond acceptors (Lipinski definition) is 2. The predicted molar refractivity (Wildman–Crippen MR) is 143 cm³/mol. The van der Waals surface area contributed by atoms with E-state index in [9.17, 15) is 4.79 Å². The topological polar surface area (TPSA) is 38.3 Å². The zero-order valence-electron chi connectivity index (χ0n) is 20.9. The monoisotopic (exact) mass is 640 g/mol. The number of fused-ring (bicyclic) bond motifs is 2. The van der Waals surface area contributed by atoms with Gasteiger partial charge in [-0.25, -0.2) is 0 Å². The van der Waals surface area contributed by atoms with Crippen molar-refractivity contribution in [3.05, 3.63) is 69.2 Å². The molecule has 1 amide bonds. The van der Waals surface area contributed by atoms with Crippen LogP contribution in [0.4, 0.5) is 0 Å². The number of nitrogens with zero attached hydrogens (tertiary/aromatic N) is 1. The van der Waals surface area contributed by atoms with E-state index in [1.165, 1.54) is 38.5 Å². The number of ether oxygens (including phenoxy) is 1. The first-order valence-corrected chi connectivity index (χ1v) is 13.7. The lowest BCUT2D eigenvalue weighted by atomic mass is 9.86. The second-order valence-corrected chi connectivity index (χ2v) is 11.6. The highest BCUT2D eigenvalue weighted by molar-refractivity contribution is 6.31. The molecule has 1 N–H and O–H groups in total. The Hall–Kier alpha value is -1.28. The number of likely N-dealkylation sites (tertiary alicyclic amines) is 1. The van der Waals surface area contributed by atoms with Gasteiger partial charge in [-0.2, -0.15) is 0 Å². The summed E-state index contributed by atoms with van der Waals surface area (Å²) in [5.74, 6) is 0.840. The van der Waals surface area contributed by atoms with E-state index in [0.29, 0.717) is 21.5 Å². The van der Waals surface area contributed by atoms with E-state index in [0.717, 1.165) is 48.1 Å². The van der Waals surface area contributed by atoms with Gasteiger partial charge in [-0.3, -0.25) is 4.79 Å². The molecule has 7 heteroatoms. The van der Waals surface area contributed by atoms with Crippen molar-refractivity contribution in [1.82, 2.24) is 5.32 Å². The Morgan fingerprint density at radius 3 is 2.22 bits per heavy atom. The minimum absolute atomic E-state index is 0. The van der Waals surface area contributed by atoms with E-state index in [2.05, 4.69) is 18.4 Å². The van der Waals surface area contributed by atoms with Crippen LogP contribution < -0.4 is 34.0 Å². The number of hydrogen-bond donors (Lipinski definition) is 1. The third-order valence-electron chi connectivity index (χ3n) is 7.90. The number of likely N-dealkylation sites (N-methyl/N-ethyl adjacent to an activating group) is 1. The highest BCUT2D eigenvalue weighted by Gasteiger charge is 2.36. The highest BCUT2D eigenvalue weighted by atomic mass is 127. The average Bonchev–Trinajstić information content (AvgIpc) is 2.81. The number of carbonyl (C=O) groups excluding carboxylic acids is 1. The van der Waals surface area contributed by atoms with Gasteiger partial charge in [0, 0.05) is 40.1 Å². The smallest absolute Gasteiger partial charge is 0.232 e. The molecular weight excluding hydrogens is 606 g/mol. The summed E-state index contributed by atoms with van der Waals surface area (Å²) in [6.07, 6.45) is 12.4. The van der Waals surface area contributed by atoms with Crippen molar-refractivity contribution < 1.29 is 38.0 Å². The summed E-state index contributed by atoms with van der Waals surface area (Å²) < 4.78 is 7.14. The minimum atomic E-state index is -0.492. The molecule has 5 rings (SSSR count). The summed E-state index contributed by atoms with van der Waals surface area (Å²) in [4.78, 5) is 13.7. The van der Waals surface area contributed by atoms with Crippen LogP contribution in [-0.2, 0) is 4.79 Å². The summed E-state index contributed by atoms with van der Waals surface area (Å²) >= 11 is 12.6. The lowest BCUT2D eigenvalue weighted by Crippen LogP contribution is -3.00. The molecule has 2 aromatic rings. The molecule has 0 atom stereocenters. The third-order valence-corrected chi connectivity index (χ3v) is 8.37. The Morgan fingerprint density at radius 1 is 0.972 bits per heavy atom. The van der Waals surface area contributed by atoms with E-state index < -0.39 is 5.92 Å². The van der Waals surface area contributed by atoms with Gasteiger partial charge in [-0.1, -0.05) is 42.1 Å². The van der Waals surface area contributed by atoms with Gasteiger partial charge in [0.1, 0.15) is 18.0 Å². The van der Waals surface area contributed by atoms with E-state index in [4.69, 9.17) is 27.9 Å². The van der Waals surface area contributed by atoms with Gasteiger partial charge in [-0.15, -0.1) is 0 Å². The quantitative estimate of drug-likeness (QED) is 0.309. The van der Waals surface area contributed by atoms with Crippen LogP contribution >= 0.6 is 23.2 Å². The van der Waals surface area contributed by atoms with Crippen molar-refractivity contribution in [2.24, 2.45) is 0 Å². The molecule has 0 spiro atoms. The Labute approximate surface area is 242 Å². The van der Waals surface area contributed by atoms with Gasteiger partial charge in [0.25, 0.3) is 0 Å². The van der Waals surface area contributed by atoms with Crippen molar-refractivity contribution in [3.8, 4) is 11.5 Å². The van der Waals surface area contributed by atoms with Crippen molar-refractivity contribution in [2.75, 3.05) is 26.7 Å². The first-order valence-electron chi connectivity index (χ1n) is 13.0. The largest absolute Gasteiger partial charge is 1.00 e. The molecule has 1 saturated heterocycles. The van der Waals surface area contributed by atoms with Gasteiger partial charge >= 0.3 is 0 Å². The van der Waals surface area contributed by atoms with Gasteiger partial charge in [0.2, 0.25) is 5.91 Å². The maximum absolute atomic E-state index is 13.7. The van der Waals surface area contributed by atoms with E-state index >= 15 is 0 Å². The summed E-state index contributed by atoms with van der Waals surface area (Å²) in [6.45, 7) is 3.32. The molecule has 1 fully saturated rings. The Morgan fingerprint density at radius 2 is 1.58 bits per heavy atom. The molecular formula is C29H35Cl2IN2O2. The molecule has 4 nitrogen and oxygen atoms in total. The Bertz CT molecular complexity index is 1080. The van der Waals surface area contributed by atoms with Crippen molar-refractivity contribution in [2.45, 2.75) is 63.3 Å². The fourth-order valence-electron chi connectivity index (χ4n) is 5.91. The molecule has 0 aromatic heterocycles. The summed E-state index contributed by atoms with van der Waals surface area (Å²) in [5, 5.41) is 4.54. The van der Waals surface area contributed by atoms with Crippen LogP contribution in [0.5, 0.6) is 11.5 Å². The molecule has 2 aliphatic heterocycles. The number of quaternary nitrogens is 1. The molecule has 0 bridgehead atoms. The fourth-order valence-corrected chi connectivity index (χ4v) is 6.28. The normalized spacial score (nSPS) is 25.5.